The Morgan fingerprint density at radius 3 is 2.48 bits per heavy atom. The summed E-state index contributed by atoms with van der Waals surface area (Å²) in [6.45, 7) is 5.85. The Hall–Kier alpha value is -3.40. The maximum Gasteiger partial charge on any atom is 0.307 e. The SMILES string of the molecule is CC(C)CC(C(=O)O)C(Cc1ccc(Oc2ccc(C(C)N)nc2)nc1)c1nn[nH]n1. The summed E-state index contributed by atoms with van der Waals surface area (Å²) in [6.07, 6.45) is 4.19. The lowest BCUT2D eigenvalue weighted by atomic mass is 9.81. The van der Waals surface area contributed by atoms with E-state index >= 15 is 0 Å². The Kier molecular flexibility index (Phi) is 7.24. The number of ether oxygens (including phenoxy) is 1. The summed E-state index contributed by atoms with van der Waals surface area (Å²) in [7, 11) is 0. The number of aliphatic carboxylic acids is 1. The summed E-state index contributed by atoms with van der Waals surface area (Å²) in [4.78, 5) is 20.6. The van der Waals surface area contributed by atoms with E-state index in [4.69, 9.17) is 10.5 Å². The molecule has 3 aromatic rings. The van der Waals surface area contributed by atoms with Gasteiger partial charge in [-0.15, -0.1) is 10.2 Å². The van der Waals surface area contributed by atoms with Gasteiger partial charge in [0.25, 0.3) is 0 Å². The minimum Gasteiger partial charge on any atom is -0.481 e. The van der Waals surface area contributed by atoms with Crippen LogP contribution in [0.15, 0.2) is 36.7 Å². The van der Waals surface area contributed by atoms with Gasteiger partial charge in [-0.1, -0.05) is 25.1 Å². The number of carbonyl (C=O) groups is 1. The van der Waals surface area contributed by atoms with Crippen LogP contribution in [0, 0.1) is 11.8 Å². The molecule has 0 aliphatic heterocycles. The molecule has 3 rings (SSSR count). The summed E-state index contributed by atoms with van der Waals surface area (Å²) >= 11 is 0. The van der Waals surface area contributed by atoms with Gasteiger partial charge in [-0.05, 0) is 43.4 Å². The molecule has 0 fully saturated rings. The van der Waals surface area contributed by atoms with E-state index in [1.54, 1.807) is 24.5 Å². The van der Waals surface area contributed by atoms with Gasteiger partial charge in [-0.3, -0.25) is 9.78 Å². The number of tetrazole rings is 1. The molecule has 3 atom stereocenters. The monoisotopic (exact) mass is 425 g/mol. The number of pyridine rings is 2. The maximum absolute atomic E-state index is 11.9. The molecule has 3 heterocycles. The summed E-state index contributed by atoms with van der Waals surface area (Å²) in [5.74, 6) is -0.380. The molecule has 0 radical (unpaired) electrons. The Balaban J connectivity index is 1.74. The predicted molar refractivity (Wildman–Crippen MR) is 112 cm³/mol. The van der Waals surface area contributed by atoms with E-state index in [0.717, 1.165) is 11.3 Å². The summed E-state index contributed by atoms with van der Waals surface area (Å²) in [6, 6.07) is 7.04. The molecule has 0 amide bonds. The zero-order valence-corrected chi connectivity index (χ0v) is 17.8. The average Bonchev–Trinajstić information content (AvgIpc) is 3.26. The number of carboxylic acids is 1. The number of hydrogen-bond acceptors (Lipinski definition) is 8. The standard InChI is InChI=1S/C21H27N7O3/c1-12(2)8-17(21(29)30)16(20-25-27-28-26-20)9-14-4-7-19(24-10-14)31-15-5-6-18(13(3)22)23-11-15/h4-7,10-13,16-17H,8-9,22H2,1-3H3,(H,29,30)(H,25,26,27,28). The third kappa shape index (κ3) is 6.05. The highest BCUT2D eigenvalue weighted by Gasteiger charge is 2.33. The Morgan fingerprint density at radius 2 is 1.97 bits per heavy atom. The normalized spacial score (nSPS) is 14.2. The summed E-state index contributed by atoms with van der Waals surface area (Å²) in [5, 5.41) is 23.9. The van der Waals surface area contributed by atoms with Crippen molar-refractivity contribution in [3.63, 3.8) is 0 Å². The second kappa shape index (κ2) is 10.1. The lowest BCUT2D eigenvalue weighted by Crippen LogP contribution is -2.26. The van der Waals surface area contributed by atoms with E-state index in [0.29, 0.717) is 30.3 Å². The van der Waals surface area contributed by atoms with Crippen molar-refractivity contribution in [2.75, 3.05) is 0 Å². The van der Waals surface area contributed by atoms with Gasteiger partial charge in [0.05, 0.1) is 17.8 Å². The number of nitrogens with two attached hydrogens (primary N) is 1. The van der Waals surface area contributed by atoms with Gasteiger partial charge in [0.2, 0.25) is 5.88 Å². The molecule has 4 N–H and O–H groups in total. The zero-order valence-electron chi connectivity index (χ0n) is 17.8. The first kappa shape index (κ1) is 22.3. The quantitative estimate of drug-likeness (QED) is 0.445. The van der Waals surface area contributed by atoms with Crippen LogP contribution in [0.2, 0.25) is 0 Å². The third-order valence-corrected chi connectivity index (χ3v) is 4.92. The third-order valence-electron chi connectivity index (χ3n) is 4.92. The smallest absolute Gasteiger partial charge is 0.307 e. The number of aromatic nitrogens is 6. The molecule has 10 heteroatoms. The van der Waals surface area contributed by atoms with Crippen LogP contribution >= 0.6 is 0 Å². The van der Waals surface area contributed by atoms with Crippen molar-refractivity contribution < 1.29 is 14.6 Å². The highest BCUT2D eigenvalue weighted by atomic mass is 16.5. The van der Waals surface area contributed by atoms with Crippen molar-refractivity contribution in [3.05, 3.63) is 53.7 Å². The molecule has 0 aliphatic rings. The fourth-order valence-corrected chi connectivity index (χ4v) is 3.37. The van der Waals surface area contributed by atoms with Crippen LogP contribution in [-0.2, 0) is 11.2 Å². The van der Waals surface area contributed by atoms with Crippen LogP contribution in [0.25, 0.3) is 0 Å². The second-order valence-corrected chi connectivity index (χ2v) is 7.97. The highest BCUT2D eigenvalue weighted by Crippen LogP contribution is 2.31. The number of carboxylic acid groups (broad SMARTS) is 1. The summed E-state index contributed by atoms with van der Waals surface area (Å²) < 4.78 is 5.74. The minimum atomic E-state index is -0.876. The van der Waals surface area contributed by atoms with Gasteiger partial charge >= 0.3 is 5.97 Å². The number of H-pyrrole nitrogens is 1. The number of nitrogens with one attached hydrogen (secondary N) is 1. The molecule has 31 heavy (non-hydrogen) atoms. The van der Waals surface area contributed by atoms with Gasteiger partial charge in [0.15, 0.2) is 5.82 Å². The van der Waals surface area contributed by atoms with E-state index < -0.39 is 17.8 Å². The zero-order chi connectivity index (χ0) is 22.4. The molecular formula is C21H27N7O3. The Labute approximate surface area is 180 Å². The first-order valence-electron chi connectivity index (χ1n) is 10.1. The molecular weight excluding hydrogens is 398 g/mol. The molecule has 3 aromatic heterocycles. The van der Waals surface area contributed by atoms with Gasteiger partial charge in [-0.25, -0.2) is 4.98 Å². The Morgan fingerprint density at radius 1 is 1.16 bits per heavy atom. The molecule has 0 saturated heterocycles. The van der Waals surface area contributed by atoms with Crippen molar-refractivity contribution in [2.24, 2.45) is 17.6 Å². The largest absolute Gasteiger partial charge is 0.481 e. The number of nitrogens with zero attached hydrogens (tertiary/aromatic N) is 5. The topological polar surface area (TPSA) is 153 Å². The average molecular weight is 425 g/mol. The van der Waals surface area contributed by atoms with Crippen molar-refractivity contribution >= 4 is 5.97 Å². The summed E-state index contributed by atoms with van der Waals surface area (Å²) in [5.41, 5.74) is 7.43. The molecule has 0 aromatic carbocycles. The van der Waals surface area contributed by atoms with E-state index in [1.807, 2.05) is 32.9 Å². The van der Waals surface area contributed by atoms with Crippen molar-refractivity contribution in [3.8, 4) is 11.6 Å². The molecule has 0 saturated carbocycles. The lowest BCUT2D eigenvalue weighted by Gasteiger charge is -2.23. The lowest BCUT2D eigenvalue weighted by molar-refractivity contribution is -0.143. The van der Waals surface area contributed by atoms with Gasteiger partial charge < -0.3 is 15.6 Å². The van der Waals surface area contributed by atoms with Crippen LogP contribution in [-0.4, -0.2) is 41.7 Å². The maximum atomic E-state index is 11.9. The van der Waals surface area contributed by atoms with E-state index in [9.17, 15) is 9.90 Å². The molecule has 0 aliphatic carbocycles. The minimum absolute atomic E-state index is 0.149. The fraction of sp³-hybridized carbons (Fsp3) is 0.429. The number of rotatable bonds is 10. The number of hydrogen-bond donors (Lipinski definition) is 3. The van der Waals surface area contributed by atoms with Crippen LogP contribution < -0.4 is 10.5 Å². The highest BCUT2D eigenvalue weighted by molar-refractivity contribution is 5.71. The molecule has 164 valence electrons. The first-order chi connectivity index (χ1) is 14.8. The van der Waals surface area contributed by atoms with E-state index in [2.05, 4.69) is 30.6 Å². The number of aromatic amines is 1. The molecule has 0 spiro atoms. The van der Waals surface area contributed by atoms with E-state index in [1.165, 1.54) is 0 Å². The van der Waals surface area contributed by atoms with Crippen molar-refractivity contribution in [1.29, 1.82) is 0 Å². The van der Waals surface area contributed by atoms with Crippen LogP contribution in [0.4, 0.5) is 0 Å². The van der Waals surface area contributed by atoms with Crippen molar-refractivity contribution in [1.82, 2.24) is 30.6 Å². The van der Waals surface area contributed by atoms with E-state index in [-0.39, 0.29) is 12.0 Å². The molecule has 3 unspecified atom stereocenters. The predicted octanol–water partition coefficient (Wildman–Crippen LogP) is 2.87. The van der Waals surface area contributed by atoms with Crippen molar-refractivity contribution in [2.45, 2.75) is 45.6 Å². The van der Waals surface area contributed by atoms with Crippen LogP contribution in [0.5, 0.6) is 11.6 Å². The molecule has 10 nitrogen and oxygen atoms in total. The second-order valence-electron chi connectivity index (χ2n) is 7.97. The Bertz CT molecular complexity index is 958. The van der Waals surface area contributed by atoms with Gasteiger partial charge in [-0.2, -0.15) is 5.21 Å². The van der Waals surface area contributed by atoms with Gasteiger partial charge in [0.1, 0.15) is 5.75 Å². The molecule has 0 bridgehead atoms. The van der Waals surface area contributed by atoms with Crippen LogP contribution in [0.3, 0.4) is 0 Å². The van der Waals surface area contributed by atoms with Gasteiger partial charge in [0, 0.05) is 24.2 Å². The first-order valence-corrected chi connectivity index (χ1v) is 10.1. The fourth-order valence-electron chi connectivity index (χ4n) is 3.37. The van der Waals surface area contributed by atoms with Crippen LogP contribution in [0.1, 0.15) is 56.2 Å².